The van der Waals surface area contributed by atoms with E-state index in [1.165, 1.54) is 12.1 Å². The van der Waals surface area contributed by atoms with Crippen LogP contribution in [0.4, 0.5) is 24.5 Å². The van der Waals surface area contributed by atoms with Crippen molar-refractivity contribution < 1.29 is 27.6 Å². The predicted molar refractivity (Wildman–Crippen MR) is 85.9 cm³/mol. The van der Waals surface area contributed by atoms with Crippen molar-refractivity contribution in [2.75, 3.05) is 10.6 Å². The largest absolute Gasteiger partial charge is 0.340 e. The Kier molecular flexibility index (Phi) is 4.61. The summed E-state index contributed by atoms with van der Waals surface area (Å²) in [5, 5.41) is 6.96. The van der Waals surface area contributed by atoms with Crippen LogP contribution in [0.25, 0.3) is 0 Å². The van der Waals surface area contributed by atoms with Gasteiger partial charge in [-0.05, 0) is 24.3 Å². The minimum atomic E-state index is -1.72. The van der Waals surface area contributed by atoms with E-state index in [4.69, 9.17) is 0 Å². The molecule has 1 heterocycles. The summed E-state index contributed by atoms with van der Waals surface area (Å²) in [4.78, 5) is 36.4. The second-order valence-electron chi connectivity index (χ2n) is 5.54. The zero-order valence-corrected chi connectivity index (χ0v) is 13.1. The number of halogens is 3. The van der Waals surface area contributed by atoms with Crippen LogP contribution in [0.2, 0.25) is 0 Å². The molecule has 0 fully saturated rings. The molecule has 2 aromatic rings. The molecule has 0 saturated carbocycles. The van der Waals surface area contributed by atoms with Crippen LogP contribution >= 0.6 is 0 Å². The SMILES string of the molecule is O=C(C[C@H]1NC(=O)c2ccccc2NC1=O)Nc1ccc(F)c(F)c1F. The Morgan fingerprint density at radius 3 is 2.54 bits per heavy atom. The Balaban J connectivity index is 1.73. The van der Waals surface area contributed by atoms with Crippen LogP contribution in [-0.4, -0.2) is 23.8 Å². The molecule has 3 amide bonds. The van der Waals surface area contributed by atoms with Crippen LogP contribution in [-0.2, 0) is 9.59 Å². The van der Waals surface area contributed by atoms with Crippen molar-refractivity contribution in [3.8, 4) is 0 Å². The van der Waals surface area contributed by atoms with E-state index in [1.54, 1.807) is 12.1 Å². The minimum absolute atomic E-state index is 0.232. The maximum Gasteiger partial charge on any atom is 0.254 e. The van der Waals surface area contributed by atoms with Crippen molar-refractivity contribution in [2.24, 2.45) is 0 Å². The lowest BCUT2D eigenvalue weighted by molar-refractivity contribution is -0.122. The molecule has 0 saturated heterocycles. The van der Waals surface area contributed by atoms with Crippen molar-refractivity contribution in [1.29, 1.82) is 0 Å². The molecular formula is C17H12F3N3O3. The van der Waals surface area contributed by atoms with Crippen molar-refractivity contribution in [1.82, 2.24) is 5.32 Å². The van der Waals surface area contributed by atoms with E-state index < -0.39 is 53.3 Å². The molecule has 1 aliphatic rings. The van der Waals surface area contributed by atoms with Crippen molar-refractivity contribution in [2.45, 2.75) is 12.5 Å². The molecule has 1 atom stereocenters. The van der Waals surface area contributed by atoms with Gasteiger partial charge in [-0.15, -0.1) is 0 Å². The normalized spacial score (nSPS) is 16.2. The molecule has 1 aliphatic heterocycles. The number of hydrogen-bond acceptors (Lipinski definition) is 3. The number of carbonyl (C=O) groups excluding carboxylic acids is 3. The number of carbonyl (C=O) groups is 3. The maximum absolute atomic E-state index is 13.6. The summed E-state index contributed by atoms with van der Waals surface area (Å²) in [5.41, 5.74) is -0.0440. The topological polar surface area (TPSA) is 87.3 Å². The van der Waals surface area contributed by atoms with Crippen LogP contribution in [0.1, 0.15) is 16.8 Å². The van der Waals surface area contributed by atoms with E-state index >= 15 is 0 Å². The predicted octanol–water partition coefficient (Wildman–Crippen LogP) is 2.18. The number of para-hydroxylation sites is 1. The Morgan fingerprint density at radius 1 is 1.04 bits per heavy atom. The molecule has 0 spiro atoms. The Bertz CT molecular complexity index is 917. The van der Waals surface area contributed by atoms with Crippen LogP contribution in [0.3, 0.4) is 0 Å². The molecule has 9 heteroatoms. The molecule has 0 aliphatic carbocycles. The summed E-state index contributed by atoms with van der Waals surface area (Å²) in [6.45, 7) is 0. The van der Waals surface area contributed by atoms with Gasteiger partial charge in [-0.3, -0.25) is 14.4 Å². The lowest BCUT2D eigenvalue weighted by Crippen LogP contribution is -2.43. The molecule has 26 heavy (non-hydrogen) atoms. The number of rotatable bonds is 3. The second kappa shape index (κ2) is 6.87. The molecule has 2 aromatic carbocycles. The van der Waals surface area contributed by atoms with Gasteiger partial charge in [-0.2, -0.15) is 0 Å². The zero-order chi connectivity index (χ0) is 18.8. The van der Waals surface area contributed by atoms with E-state index in [9.17, 15) is 27.6 Å². The van der Waals surface area contributed by atoms with Crippen LogP contribution in [0.5, 0.6) is 0 Å². The minimum Gasteiger partial charge on any atom is -0.340 e. The lowest BCUT2D eigenvalue weighted by atomic mass is 10.1. The van der Waals surface area contributed by atoms with Gasteiger partial charge in [0, 0.05) is 0 Å². The van der Waals surface area contributed by atoms with E-state index in [-0.39, 0.29) is 5.56 Å². The average Bonchev–Trinajstić information content (AvgIpc) is 2.72. The van der Waals surface area contributed by atoms with Crippen molar-refractivity contribution in [3.63, 3.8) is 0 Å². The highest BCUT2D eigenvalue weighted by atomic mass is 19.2. The van der Waals surface area contributed by atoms with Crippen LogP contribution < -0.4 is 16.0 Å². The first-order chi connectivity index (χ1) is 12.4. The van der Waals surface area contributed by atoms with Crippen LogP contribution in [0, 0.1) is 17.5 Å². The third kappa shape index (κ3) is 3.37. The molecule has 0 bridgehead atoms. The Labute approximate surface area is 145 Å². The number of fused-ring (bicyclic) bond motifs is 1. The summed E-state index contributed by atoms with van der Waals surface area (Å²) in [5.74, 6) is -6.73. The number of benzene rings is 2. The quantitative estimate of drug-likeness (QED) is 0.731. The van der Waals surface area contributed by atoms with E-state index in [1.807, 2.05) is 0 Å². The highest BCUT2D eigenvalue weighted by Gasteiger charge is 2.29. The molecule has 134 valence electrons. The highest BCUT2D eigenvalue weighted by Crippen LogP contribution is 2.21. The van der Waals surface area contributed by atoms with Gasteiger partial charge in [0.05, 0.1) is 23.4 Å². The van der Waals surface area contributed by atoms with Gasteiger partial charge in [0.2, 0.25) is 11.8 Å². The van der Waals surface area contributed by atoms with Gasteiger partial charge in [0.25, 0.3) is 5.91 Å². The maximum atomic E-state index is 13.6. The third-order valence-corrected chi connectivity index (χ3v) is 3.75. The van der Waals surface area contributed by atoms with Crippen LogP contribution in [0.15, 0.2) is 36.4 Å². The number of amides is 3. The number of hydrogen-bond donors (Lipinski definition) is 3. The summed E-state index contributed by atoms with van der Waals surface area (Å²) >= 11 is 0. The van der Waals surface area contributed by atoms with E-state index in [0.717, 1.165) is 6.07 Å². The van der Waals surface area contributed by atoms with Gasteiger partial charge < -0.3 is 16.0 Å². The van der Waals surface area contributed by atoms with Crippen molar-refractivity contribution in [3.05, 3.63) is 59.4 Å². The standard InChI is InChI=1S/C17H12F3N3O3/c18-9-5-6-11(15(20)14(9)19)21-13(24)7-12-17(26)22-10-4-2-1-3-8(10)16(25)23-12/h1-6,12H,7H2,(H,21,24)(H,22,26)(H,23,25)/t12-/m1/s1. The number of nitrogens with one attached hydrogen (secondary N) is 3. The van der Waals surface area contributed by atoms with Gasteiger partial charge in [0.15, 0.2) is 17.5 Å². The molecule has 6 nitrogen and oxygen atoms in total. The molecule has 3 N–H and O–H groups in total. The first kappa shape index (κ1) is 17.5. The summed E-state index contributed by atoms with van der Waals surface area (Å²) < 4.78 is 39.7. The molecule has 0 aromatic heterocycles. The molecular weight excluding hydrogens is 351 g/mol. The molecule has 0 radical (unpaired) electrons. The first-order valence-electron chi connectivity index (χ1n) is 7.51. The van der Waals surface area contributed by atoms with E-state index in [0.29, 0.717) is 11.8 Å². The Hall–Kier alpha value is -3.36. The lowest BCUT2D eigenvalue weighted by Gasteiger charge is -2.14. The third-order valence-electron chi connectivity index (χ3n) is 3.75. The second-order valence-corrected chi connectivity index (χ2v) is 5.54. The zero-order valence-electron chi connectivity index (χ0n) is 13.1. The summed E-state index contributed by atoms with van der Waals surface area (Å²) in [6.07, 6.45) is -0.524. The smallest absolute Gasteiger partial charge is 0.254 e. The summed E-state index contributed by atoms with van der Waals surface area (Å²) in [7, 11) is 0. The fraction of sp³-hybridized carbons (Fsp3) is 0.118. The summed E-state index contributed by atoms with van der Waals surface area (Å²) in [6, 6.07) is 6.58. The molecule has 0 unspecified atom stereocenters. The first-order valence-corrected chi connectivity index (χ1v) is 7.51. The van der Waals surface area contributed by atoms with Gasteiger partial charge in [-0.25, -0.2) is 13.2 Å². The van der Waals surface area contributed by atoms with Crippen molar-refractivity contribution >= 4 is 29.1 Å². The fourth-order valence-electron chi connectivity index (χ4n) is 2.46. The molecule has 3 rings (SSSR count). The monoisotopic (exact) mass is 363 g/mol. The fourth-order valence-corrected chi connectivity index (χ4v) is 2.46. The average molecular weight is 363 g/mol. The van der Waals surface area contributed by atoms with Gasteiger partial charge in [-0.1, -0.05) is 12.1 Å². The van der Waals surface area contributed by atoms with Gasteiger partial charge >= 0.3 is 0 Å². The van der Waals surface area contributed by atoms with Gasteiger partial charge in [0.1, 0.15) is 6.04 Å². The van der Waals surface area contributed by atoms with E-state index in [2.05, 4.69) is 16.0 Å². The highest BCUT2D eigenvalue weighted by molar-refractivity contribution is 6.11. The Morgan fingerprint density at radius 2 is 1.77 bits per heavy atom. The number of anilines is 2.